The van der Waals surface area contributed by atoms with Gasteiger partial charge in [-0.05, 0) is 38.7 Å². The van der Waals surface area contributed by atoms with Gasteiger partial charge in [-0.2, -0.15) is 0 Å². The SMILES string of the molecule is CCCC(CCC)C(Br)c1cc(C)ccc1OCC. The standard InChI is InChI=1S/C17H27BrO/c1-5-8-14(9-6-2)17(18)15-12-13(4)10-11-16(15)19-7-3/h10-12,14,17H,5-9H2,1-4H3. The lowest BCUT2D eigenvalue weighted by atomic mass is 9.90. The summed E-state index contributed by atoms with van der Waals surface area (Å²) < 4.78 is 5.79. The molecule has 1 aromatic carbocycles. The number of ether oxygens (including phenoxy) is 1. The van der Waals surface area contributed by atoms with Crippen LogP contribution in [0.2, 0.25) is 0 Å². The van der Waals surface area contributed by atoms with Crippen LogP contribution in [0.4, 0.5) is 0 Å². The summed E-state index contributed by atoms with van der Waals surface area (Å²) >= 11 is 3.93. The number of aryl methyl sites for hydroxylation is 1. The lowest BCUT2D eigenvalue weighted by Gasteiger charge is -2.24. The van der Waals surface area contributed by atoms with E-state index in [0.29, 0.717) is 10.7 Å². The second-order valence-corrected chi connectivity index (χ2v) is 6.20. The summed E-state index contributed by atoms with van der Waals surface area (Å²) in [5.74, 6) is 1.73. The fourth-order valence-corrected chi connectivity index (χ4v) is 3.49. The van der Waals surface area contributed by atoms with E-state index in [4.69, 9.17) is 4.74 Å². The van der Waals surface area contributed by atoms with Crippen molar-refractivity contribution in [2.75, 3.05) is 6.61 Å². The van der Waals surface area contributed by atoms with Crippen molar-refractivity contribution in [3.8, 4) is 5.75 Å². The van der Waals surface area contributed by atoms with Gasteiger partial charge in [0.2, 0.25) is 0 Å². The van der Waals surface area contributed by atoms with Crippen LogP contribution in [0.15, 0.2) is 18.2 Å². The zero-order valence-electron chi connectivity index (χ0n) is 12.7. The van der Waals surface area contributed by atoms with Gasteiger partial charge in [-0.1, -0.05) is 60.3 Å². The Morgan fingerprint density at radius 3 is 2.26 bits per heavy atom. The summed E-state index contributed by atoms with van der Waals surface area (Å²) in [5, 5.41) is 0. The second-order valence-electron chi connectivity index (χ2n) is 5.21. The predicted octanol–water partition coefficient (Wildman–Crippen LogP) is 6.05. The number of halogens is 1. The highest BCUT2D eigenvalue weighted by Crippen LogP contribution is 2.41. The molecule has 0 N–H and O–H groups in total. The van der Waals surface area contributed by atoms with E-state index in [1.807, 2.05) is 6.92 Å². The van der Waals surface area contributed by atoms with Crippen LogP contribution in [0.3, 0.4) is 0 Å². The minimum atomic E-state index is 0.397. The van der Waals surface area contributed by atoms with Gasteiger partial charge in [-0.25, -0.2) is 0 Å². The van der Waals surface area contributed by atoms with Gasteiger partial charge in [0.15, 0.2) is 0 Å². The first kappa shape index (κ1) is 16.6. The fourth-order valence-electron chi connectivity index (χ4n) is 2.60. The fraction of sp³-hybridized carbons (Fsp3) is 0.647. The Labute approximate surface area is 126 Å². The number of alkyl halides is 1. The Bertz CT molecular complexity index is 370. The number of benzene rings is 1. The van der Waals surface area contributed by atoms with Gasteiger partial charge in [0, 0.05) is 10.4 Å². The molecule has 0 saturated heterocycles. The number of hydrogen-bond donors (Lipinski definition) is 0. The van der Waals surface area contributed by atoms with E-state index in [-0.39, 0.29) is 0 Å². The van der Waals surface area contributed by atoms with Gasteiger partial charge in [0.1, 0.15) is 5.75 Å². The molecule has 1 aromatic rings. The molecule has 0 spiro atoms. The summed E-state index contributed by atoms with van der Waals surface area (Å²) in [7, 11) is 0. The highest BCUT2D eigenvalue weighted by atomic mass is 79.9. The zero-order valence-corrected chi connectivity index (χ0v) is 14.3. The maximum absolute atomic E-state index is 5.79. The molecule has 0 aliphatic heterocycles. The van der Waals surface area contributed by atoms with Crippen molar-refractivity contribution in [3.05, 3.63) is 29.3 Å². The lowest BCUT2D eigenvalue weighted by molar-refractivity contribution is 0.331. The van der Waals surface area contributed by atoms with E-state index in [1.54, 1.807) is 0 Å². The van der Waals surface area contributed by atoms with Crippen LogP contribution in [-0.2, 0) is 0 Å². The Kier molecular flexibility index (Phi) is 7.52. The summed E-state index contributed by atoms with van der Waals surface area (Å²) in [6.07, 6.45) is 5.01. The molecule has 0 fully saturated rings. The summed E-state index contributed by atoms with van der Waals surface area (Å²) in [6.45, 7) is 9.45. The lowest BCUT2D eigenvalue weighted by Crippen LogP contribution is -2.09. The van der Waals surface area contributed by atoms with Crippen LogP contribution < -0.4 is 4.74 Å². The monoisotopic (exact) mass is 326 g/mol. The van der Waals surface area contributed by atoms with Gasteiger partial charge in [0.05, 0.1) is 6.61 Å². The molecule has 0 amide bonds. The Morgan fingerprint density at radius 2 is 1.74 bits per heavy atom. The molecular weight excluding hydrogens is 300 g/mol. The quantitative estimate of drug-likeness (QED) is 0.528. The second kappa shape index (κ2) is 8.63. The molecule has 19 heavy (non-hydrogen) atoms. The number of rotatable bonds is 8. The summed E-state index contributed by atoms with van der Waals surface area (Å²) in [4.78, 5) is 0.397. The number of hydrogen-bond acceptors (Lipinski definition) is 1. The molecule has 0 saturated carbocycles. The molecule has 0 aliphatic carbocycles. The zero-order chi connectivity index (χ0) is 14.3. The Morgan fingerprint density at radius 1 is 1.11 bits per heavy atom. The normalized spacial score (nSPS) is 12.7. The predicted molar refractivity (Wildman–Crippen MR) is 87.3 cm³/mol. The minimum Gasteiger partial charge on any atom is -0.494 e. The van der Waals surface area contributed by atoms with E-state index in [0.717, 1.165) is 12.4 Å². The van der Waals surface area contributed by atoms with Crippen molar-refractivity contribution < 1.29 is 4.74 Å². The van der Waals surface area contributed by atoms with E-state index in [1.165, 1.54) is 36.8 Å². The van der Waals surface area contributed by atoms with E-state index < -0.39 is 0 Å². The molecular formula is C17H27BrO. The molecule has 0 aromatic heterocycles. The van der Waals surface area contributed by atoms with Crippen molar-refractivity contribution >= 4 is 15.9 Å². The van der Waals surface area contributed by atoms with Crippen LogP contribution >= 0.6 is 15.9 Å². The third kappa shape index (κ3) is 4.83. The van der Waals surface area contributed by atoms with Crippen molar-refractivity contribution in [1.29, 1.82) is 0 Å². The van der Waals surface area contributed by atoms with Crippen LogP contribution in [0.5, 0.6) is 5.75 Å². The highest BCUT2D eigenvalue weighted by Gasteiger charge is 2.22. The Hall–Kier alpha value is -0.500. The van der Waals surface area contributed by atoms with Crippen LogP contribution in [0.1, 0.15) is 62.4 Å². The average molecular weight is 327 g/mol. The topological polar surface area (TPSA) is 9.23 Å². The van der Waals surface area contributed by atoms with Crippen LogP contribution in [0, 0.1) is 12.8 Å². The van der Waals surface area contributed by atoms with Crippen molar-refractivity contribution in [2.24, 2.45) is 5.92 Å². The summed E-state index contributed by atoms with van der Waals surface area (Å²) in [6, 6.07) is 6.50. The first-order valence-electron chi connectivity index (χ1n) is 7.51. The van der Waals surface area contributed by atoms with Gasteiger partial charge in [-0.3, -0.25) is 0 Å². The smallest absolute Gasteiger partial charge is 0.123 e. The van der Waals surface area contributed by atoms with Gasteiger partial charge < -0.3 is 4.74 Å². The first-order chi connectivity index (χ1) is 9.13. The molecule has 0 heterocycles. The molecule has 108 valence electrons. The largest absolute Gasteiger partial charge is 0.494 e. The van der Waals surface area contributed by atoms with E-state index in [2.05, 4.69) is 54.9 Å². The molecule has 1 atom stereocenters. The van der Waals surface area contributed by atoms with Gasteiger partial charge in [-0.15, -0.1) is 0 Å². The van der Waals surface area contributed by atoms with Crippen molar-refractivity contribution in [1.82, 2.24) is 0 Å². The molecule has 2 heteroatoms. The van der Waals surface area contributed by atoms with Crippen molar-refractivity contribution in [3.63, 3.8) is 0 Å². The molecule has 0 bridgehead atoms. The van der Waals surface area contributed by atoms with Gasteiger partial charge >= 0.3 is 0 Å². The van der Waals surface area contributed by atoms with E-state index in [9.17, 15) is 0 Å². The molecule has 0 radical (unpaired) electrons. The maximum atomic E-state index is 5.79. The average Bonchev–Trinajstić information content (AvgIpc) is 2.40. The van der Waals surface area contributed by atoms with Crippen molar-refractivity contribution in [2.45, 2.75) is 58.2 Å². The third-order valence-electron chi connectivity index (χ3n) is 3.50. The highest BCUT2D eigenvalue weighted by molar-refractivity contribution is 9.09. The molecule has 1 nitrogen and oxygen atoms in total. The minimum absolute atomic E-state index is 0.397. The van der Waals surface area contributed by atoms with Crippen LogP contribution in [0.25, 0.3) is 0 Å². The maximum Gasteiger partial charge on any atom is 0.123 e. The summed E-state index contributed by atoms with van der Waals surface area (Å²) in [5.41, 5.74) is 2.61. The van der Waals surface area contributed by atoms with Gasteiger partial charge in [0.25, 0.3) is 0 Å². The first-order valence-corrected chi connectivity index (χ1v) is 8.42. The Balaban J connectivity index is 3.00. The van der Waals surface area contributed by atoms with E-state index >= 15 is 0 Å². The molecule has 0 aliphatic rings. The van der Waals surface area contributed by atoms with Crippen LogP contribution in [-0.4, -0.2) is 6.61 Å². The molecule has 1 rings (SSSR count). The third-order valence-corrected chi connectivity index (χ3v) is 4.74. The molecule has 1 unspecified atom stereocenters.